The van der Waals surface area contributed by atoms with Crippen LogP contribution in [0.5, 0.6) is 0 Å². The van der Waals surface area contributed by atoms with E-state index in [1.165, 1.54) is 22.6 Å². The fourth-order valence-corrected chi connectivity index (χ4v) is 5.24. The van der Waals surface area contributed by atoms with Crippen molar-refractivity contribution in [1.29, 1.82) is 0 Å². The topological polar surface area (TPSA) is 72.2 Å². The second-order valence-corrected chi connectivity index (χ2v) is 8.37. The molecule has 0 saturated carbocycles. The number of hydrogen-bond donors (Lipinski definition) is 2. The molecule has 6 heteroatoms. The Kier molecular flexibility index (Phi) is 6.15. The maximum atomic E-state index is 12.3. The second-order valence-electron chi connectivity index (χ2n) is 6.09. The fraction of sp³-hybridized carbons (Fsp3) is 0.368. The lowest BCUT2D eigenvalue weighted by atomic mass is 10.1. The first-order chi connectivity index (χ1) is 12.1. The van der Waals surface area contributed by atoms with E-state index in [9.17, 15) is 9.59 Å². The lowest BCUT2D eigenvalue weighted by Crippen LogP contribution is -2.18. The van der Waals surface area contributed by atoms with Crippen LogP contribution in [0.3, 0.4) is 0 Å². The average molecular weight is 375 g/mol. The van der Waals surface area contributed by atoms with Gasteiger partial charge in [0.15, 0.2) is 0 Å². The molecular formula is C19H22N2O2S2. The Hall–Kier alpha value is -1.79. The predicted molar refractivity (Wildman–Crippen MR) is 105 cm³/mol. The van der Waals surface area contributed by atoms with Crippen molar-refractivity contribution < 1.29 is 9.59 Å². The fourth-order valence-electron chi connectivity index (χ4n) is 3.06. The number of thioether (sulfide) groups is 1. The van der Waals surface area contributed by atoms with Crippen LogP contribution in [0, 0.1) is 0 Å². The van der Waals surface area contributed by atoms with E-state index in [0.717, 1.165) is 36.1 Å². The molecule has 2 aromatic rings. The first-order valence-electron chi connectivity index (χ1n) is 8.57. The summed E-state index contributed by atoms with van der Waals surface area (Å²) in [5, 5.41) is 3.55. The predicted octanol–water partition coefficient (Wildman–Crippen LogP) is 4.24. The molecule has 1 aromatic carbocycles. The highest BCUT2D eigenvalue weighted by Crippen LogP contribution is 2.37. The zero-order valence-electron chi connectivity index (χ0n) is 14.0. The number of aryl methyl sites for hydroxylation is 1. The molecule has 3 rings (SSSR count). The zero-order chi connectivity index (χ0) is 17.6. The molecule has 132 valence electrons. The minimum Gasteiger partial charge on any atom is -0.365 e. The van der Waals surface area contributed by atoms with Crippen LogP contribution in [0.1, 0.15) is 46.5 Å². The highest BCUT2D eigenvalue weighted by molar-refractivity contribution is 7.99. The van der Waals surface area contributed by atoms with Crippen molar-refractivity contribution in [2.24, 2.45) is 5.73 Å². The van der Waals surface area contributed by atoms with Crippen LogP contribution in [0.4, 0.5) is 5.00 Å². The van der Waals surface area contributed by atoms with E-state index in [1.807, 2.05) is 30.3 Å². The molecule has 0 spiro atoms. The third-order valence-electron chi connectivity index (χ3n) is 4.26. The van der Waals surface area contributed by atoms with Gasteiger partial charge in [-0.2, -0.15) is 0 Å². The van der Waals surface area contributed by atoms with Crippen molar-refractivity contribution in [2.45, 2.75) is 43.4 Å². The largest absolute Gasteiger partial charge is 0.365 e. The summed E-state index contributed by atoms with van der Waals surface area (Å²) in [6.45, 7) is 0. The Morgan fingerprint density at radius 1 is 1.12 bits per heavy atom. The number of nitrogens with two attached hydrogens (primary N) is 1. The van der Waals surface area contributed by atoms with Gasteiger partial charge in [-0.25, -0.2) is 0 Å². The number of primary amides is 1. The Balaban J connectivity index is 1.63. The van der Waals surface area contributed by atoms with E-state index < -0.39 is 5.91 Å². The van der Waals surface area contributed by atoms with Crippen molar-refractivity contribution in [3.63, 3.8) is 0 Å². The van der Waals surface area contributed by atoms with Gasteiger partial charge in [0.25, 0.3) is 5.91 Å². The van der Waals surface area contributed by atoms with Crippen molar-refractivity contribution in [1.82, 2.24) is 0 Å². The molecule has 0 fully saturated rings. The third-order valence-corrected chi connectivity index (χ3v) is 6.48. The quantitative estimate of drug-likeness (QED) is 0.587. The SMILES string of the molecule is NC(=O)c1c(NC(=O)CCSc2ccccc2)sc2c1CCCCC2. The second kappa shape index (κ2) is 8.54. The van der Waals surface area contributed by atoms with E-state index in [4.69, 9.17) is 5.73 Å². The number of anilines is 1. The lowest BCUT2D eigenvalue weighted by molar-refractivity contribution is -0.115. The number of nitrogens with one attached hydrogen (secondary N) is 1. The summed E-state index contributed by atoms with van der Waals surface area (Å²) in [7, 11) is 0. The molecular weight excluding hydrogens is 352 g/mol. The maximum absolute atomic E-state index is 12.3. The zero-order valence-corrected chi connectivity index (χ0v) is 15.7. The molecule has 0 atom stereocenters. The molecule has 0 unspecified atom stereocenters. The van der Waals surface area contributed by atoms with Crippen molar-refractivity contribution in [3.05, 3.63) is 46.3 Å². The molecule has 25 heavy (non-hydrogen) atoms. The summed E-state index contributed by atoms with van der Waals surface area (Å²) in [6.07, 6.45) is 5.64. The van der Waals surface area contributed by atoms with Gasteiger partial charge in [-0.05, 0) is 43.4 Å². The number of benzene rings is 1. The molecule has 0 bridgehead atoms. The van der Waals surface area contributed by atoms with Crippen molar-refractivity contribution in [3.8, 4) is 0 Å². The van der Waals surface area contributed by atoms with E-state index in [-0.39, 0.29) is 5.91 Å². The monoisotopic (exact) mass is 374 g/mol. The Morgan fingerprint density at radius 3 is 2.64 bits per heavy atom. The molecule has 1 aliphatic rings. The number of fused-ring (bicyclic) bond motifs is 1. The van der Waals surface area contributed by atoms with Gasteiger partial charge >= 0.3 is 0 Å². The van der Waals surface area contributed by atoms with Crippen LogP contribution >= 0.6 is 23.1 Å². The first kappa shape index (κ1) is 18.0. The average Bonchev–Trinajstić information content (AvgIpc) is 2.77. The molecule has 0 aliphatic heterocycles. The van der Waals surface area contributed by atoms with Crippen LogP contribution in [0.25, 0.3) is 0 Å². The number of carbonyl (C=O) groups is 2. The summed E-state index contributed by atoms with van der Waals surface area (Å²) in [6, 6.07) is 10.0. The number of rotatable bonds is 6. The molecule has 1 aromatic heterocycles. The molecule has 0 saturated heterocycles. The van der Waals surface area contributed by atoms with Crippen LogP contribution < -0.4 is 11.1 Å². The van der Waals surface area contributed by atoms with Gasteiger partial charge in [0.2, 0.25) is 5.91 Å². The minimum absolute atomic E-state index is 0.0673. The number of carbonyl (C=O) groups excluding carboxylic acids is 2. The molecule has 3 N–H and O–H groups in total. The van der Waals surface area contributed by atoms with Crippen LogP contribution in [0.2, 0.25) is 0 Å². The standard InChI is InChI=1S/C19H22N2O2S2/c20-18(23)17-14-9-5-2-6-10-15(14)25-19(17)21-16(22)11-12-24-13-7-3-1-4-8-13/h1,3-4,7-8H,2,5-6,9-12H2,(H2,20,23)(H,21,22). The number of amides is 2. The van der Waals surface area contributed by atoms with Crippen LogP contribution in [-0.2, 0) is 17.6 Å². The van der Waals surface area contributed by atoms with Gasteiger partial charge in [0, 0.05) is 21.9 Å². The maximum Gasteiger partial charge on any atom is 0.251 e. The lowest BCUT2D eigenvalue weighted by Gasteiger charge is -2.06. The Bertz CT molecular complexity index is 756. The summed E-state index contributed by atoms with van der Waals surface area (Å²) >= 11 is 3.17. The highest BCUT2D eigenvalue weighted by Gasteiger charge is 2.24. The van der Waals surface area contributed by atoms with Crippen molar-refractivity contribution in [2.75, 3.05) is 11.1 Å². The van der Waals surface area contributed by atoms with Crippen LogP contribution in [0.15, 0.2) is 35.2 Å². The van der Waals surface area contributed by atoms with E-state index in [1.54, 1.807) is 11.8 Å². The van der Waals surface area contributed by atoms with E-state index in [2.05, 4.69) is 5.32 Å². The molecule has 4 nitrogen and oxygen atoms in total. The normalized spacial score (nSPS) is 13.8. The summed E-state index contributed by atoms with van der Waals surface area (Å²) in [5.41, 5.74) is 7.19. The molecule has 2 amide bonds. The summed E-state index contributed by atoms with van der Waals surface area (Å²) in [5.74, 6) is 0.197. The first-order valence-corrected chi connectivity index (χ1v) is 10.4. The smallest absolute Gasteiger partial charge is 0.251 e. The highest BCUT2D eigenvalue weighted by atomic mass is 32.2. The summed E-state index contributed by atoms with van der Waals surface area (Å²) < 4.78 is 0. The molecule has 0 radical (unpaired) electrons. The number of thiophene rings is 1. The van der Waals surface area contributed by atoms with Gasteiger partial charge < -0.3 is 11.1 Å². The van der Waals surface area contributed by atoms with Gasteiger partial charge in [0.1, 0.15) is 5.00 Å². The van der Waals surface area contributed by atoms with Gasteiger partial charge in [-0.1, -0.05) is 24.6 Å². The van der Waals surface area contributed by atoms with E-state index in [0.29, 0.717) is 22.7 Å². The van der Waals surface area contributed by atoms with E-state index >= 15 is 0 Å². The number of hydrogen-bond acceptors (Lipinski definition) is 4. The van der Waals surface area contributed by atoms with Crippen LogP contribution in [-0.4, -0.2) is 17.6 Å². The van der Waals surface area contributed by atoms with Crippen molar-refractivity contribution >= 4 is 39.9 Å². The Labute approximate surface area is 156 Å². The van der Waals surface area contributed by atoms with Gasteiger partial charge in [-0.3, -0.25) is 9.59 Å². The molecule has 1 heterocycles. The minimum atomic E-state index is -0.437. The Morgan fingerprint density at radius 2 is 1.88 bits per heavy atom. The van der Waals surface area contributed by atoms with Gasteiger partial charge in [0.05, 0.1) is 5.56 Å². The van der Waals surface area contributed by atoms with Gasteiger partial charge in [-0.15, -0.1) is 23.1 Å². The summed E-state index contributed by atoms with van der Waals surface area (Å²) in [4.78, 5) is 26.6. The molecule has 1 aliphatic carbocycles. The third kappa shape index (κ3) is 4.64.